The van der Waals surface area contributed by atoms with Crippen molar-refractivity contribution in [2.75, 3.05) is 19.8 Å². The molecule has 0 atom stereocenters. The van der Waals surface area contributed by atoms with Gasteiger partial charge in [0.2, 0.25) is 5.89 Å². The topological polar surface area (TPSA) is 93.2 Å². The van der Waals surface area contributed by atoms with Gasteiger partial charge in [-0.3, -0.25) is 4.99 Å². The summed E-state index contributed by atoms with van der Waals surface area (Å²) in [7, 11) is 1.77. The summed E-state index contributed by atoms with van der Waals surface area (Å²) in [5, 5.41) is 16.5. The van der Waals surface area contributed by atoms with Gasteiger partial charge in [0.25, 0.3) is 0 Å². The molecule has 2 N–H and O–H groups in total. The number of halogens is 1. The summed E-state index contributed by atoms with van der Waals surface area (Å²) in [6.45, 7) is 7.65. The van der Waals surface area contributed by atoms with Gasteiger partial charge in [0.1, 0.15) is 11.6 Å². The zero-order chi connectivity index (χ0) is 21.6. The minimum Gasteiger partial charge on any atom is -0.443 e. The predicted octanol–water partition coefficient (Wildman–Crippen LogP) is 4.32. The molecule has 2 aromatic heterocycles. The second-order valence-electron chi connectivity index (χ2n) is 8.74. The second kappa shape index (κ2) is 12.1. The number of nitrogens with zero attached hydrogens (tertiary/aromatic N) is 5. The lowest BCUT2D eigenvalue weighted by molar-refractivity contribution is 0.379. The van der Waals surface area contributed by atoms with Crippen molar-refractivity contribution < 1.29 is 4.42 Å². The SMILES string of the molecule is CN=C(NCCCc1nnc(SC)n1C1CCCC1)NCc1ncc(C(C)(C)C)o1.I. The Kier molecular flexibility index (Phi) is 10.1. The molecule has 1 fully saturated rings. The fraction of sp³-hybridized carbons (Fsp3) is 0.714. The Hall–Kier alpha value is -1.30. The maximum absolute atomic E-state index is 5.82. The number of aromatic nitrogens is 4. The van der Waals surface area contributed by atoms with E-state index in [1.165, 1.54) is 25.7 Å². The number of aliphatic imine (C=N–C) groups is 1. The summed E-state index contributed by atoms with van der Waals surface area (Å²) < 4.78 is 8.20. The van der Waals surface area contributed by atoms with Crippen LogP contribution in [0.3, 0.4) is 0 Å². The van der Waals surface area contributed by atoms with Crippen LogP contribution in [0.15, 0.2) is 20.8 Å². The highest BCUT2D eigenvalue weighted by molar-refractivity contribution is 14.0. The Morgan fingerprint density at radius 2 is 2.00 bits per heavy atom. The molecular formula is C21H36IN7OS. The summed E-state index contributed by atoms with van der Waals surface area (Å²) in [5.74, 6) is 3.40. The van der Waals surface area contributed by atoms with Crippen molar-refractivity contribution in [3.63, 3.8) is 0 Å². The number of thioether (sulfide) groups is 1. The van der Waals surface area contributed by atoms with E-state index in [9.17, 15) is 0 Å². The van der Waals surface area contributed by atoms with Gasteiger partial charge >= 0.3 is 0 Å². The third-order valence-electron chi connectivity index (χ3n) is 5.40. The Morgan fingerprint density at radius 1 is 1.26 bits per heavy atom. The van der Waals surface area contributed by atoms with Crippen LogP contribution in [-0.2, 0) is 18.4 Å². The minimum atomic E-state index is -0.0413. The zero-order valence-corrected chi connectivity index (χ0v) is 22.4. The lowest BCUT2D eigenvalue weighted by atomic mass is 9.94. The highest BCUT2D eigenvalue weighted by atomic mass is 127. The quantitative estimate of drug-likeness (QED) is 0.163. The number of hydrogen-bond acceptors (Lipinski definition) is 6. The first kappa shape index (κ1) is 26.0. The third kappa shape index (κ3) is 7.10. The first-order valence-corrected chi connectivity index (χ1v) is 12.0. The molecule has 2 heterocycles. The van der Waals surface area contributed by atoms with E-state index in [4.69, 9.17) is 4.42 Å². The van der Waals surface area contributed by atoms with Crippen molar-refractivity contribution in [3.05, 3.63) is 23.7 Å². The Bertz CT molecular complexity index is 837. The van der Waals surface area contributed by atoms with Gasteiger partial charge in [0.05, 0.1) is 12.7 Å². The predicted molar refractivity (Wildman–Crippen MR) is 136 cm³/mol. The largest absolute Gasteiger partial charge is 0.443 e. The van der Waals surface area contributed by atoms with Gasteiger partial charge in [-0.1, -0.05) is 45.4 Å². The number of hydrogen-bond donors (Lipinski definition) is 2. The van der Waals surface area contributed by atoms with Crippen molar-refractivity contribution in [3.8, 4) is 0 Å². The van der Waals surface area contributed by atoms with E-state index >= 15 is 0 Å². The van der Waals surface area contributed by atoms with E-state index in [1.807, 2.05) is 0 Å². The molecular weight excluding hydrogens is 525 g/mol. The van der Waals surface area contributed by atoms with Gasteiger partial charge in [-0.2, -0.15) is 0 Å². The van der Waals surface area contributed by atoms with Gasteiger partial charge < -0.3 is 19.6 Å². The van der Waals surface area contributed by atoms with Crippen LogP contribution >= 0.6 is 35.7 Å². The summed E-state index contributed by atoms with van der Waals surface area (Å²) in [6.07, 6.45) is 10.8. The van der Waals surface area contributed by atoms with Crippen LogP contribution in [0, 0.1) is 0 Å². The third-order valence-corrected chi connectivity index (χ3v) is 6.04. The summed E-state index contributed by atoms with van der Waals surface area (Å²) in [6, 6.07) is 0.568. The lowest BCUT2D eigenvalue weighted by Crippen LogP contribution is -2.37. The molecule has 31 heavy (non-hydrogen) atoms. The molecule has 0 aromatic carbocycles. The molecule has 174 valence electrons. The molecule has 0 aliphatic heterocycles. The summed E-state index contributed by atoms with van der Waals surface area (Å²) in [4.78, 5) is 8.64. The maximum atomic E-state index is 5.82. The Morgan fingerprint density at radius 3 is 2.61 bits per heavy atom. The average molecular weight is 562 g/mol. The fourth-order valence-corrected chi connectivity index (χ4v) is 4.29. The van der Waals surface area contributed by atoms with E-state index in [0.29, 0.717) is 18.5 Å². The van der Waals surface area contributed by atoms with Gasteiger partial charge in [-0.15, -0.1) is 34.2 Å². The van der Waals surface area contributed by atoms with E-state index in [-0.39, 0.29) is 29.4 Å². The highest BCUT2D eigenvalue weighted by Gasteiger charge is 2.23. The van der Waals surface area contributed by atoms with Crippen molar-refractivity contribution in [2.24, 2.45) is 4.99 Å². The van der Waals surface area contributed by atoms with Gasteiger partial charge in [0.15, 0.2) is 11.1 Å². The minimum absolute atomic E-state index is 0. The number of nitrogens with one attached hydrogen (secondary N) is 2. The first-order chi connectivity index (χ1) is 14.4. The van der Waals surface area contributed by atoms with Crippen LogP contribution in [0.1, 0.15) is 76.4 Å². The molecule has 1 aliphatic rings. The average Bonchev–Trinajstić information content (AvgIpc) is 3.46. The standard InChI is InChI=1S/C21H35N7OS.HI/c1-21(2,3)16-13-24-18(29-16)14-25-19(22-4)23-12-8-11-17-26-27-20(30-5)28(17)15-9-6-7-10-15;/h13,15H,6-12,14H2,1-5H3,(H2,22,23,25);1H. The molecule has 0 unspecified atom stereocenters. The van der Waals surface area contributed by atoms with Crippen molar-refractivity contribution in [2.45, 2.75) is 82.5 Å². The van der Waals surface area contributed by atoms with Crippen molar-refractivity contribution >= 4 is 41.7 Å². The van der Waals surface area contributed by atoms with Gasteiger partial charge in [-0.25, -0.2) is 4.98 Å². The molecule has 0 bridgehead atoms. The van der Waals surface area contributed by atoms with Crippen molar-refractivity contribution in [1.29, 1.82) is 0 Å². The van der Waals surface area contributed by atoms with Crippen LogP contribution in [0.5, 0.6) is 0 Å². The monoisotopic (exact) mass is 561 g/mol. The van der Waals surface area contributed by atoms with E-state index in [1.54, 1.807) is 25.0 Å². The van der Waals surface area contributed by atoms with Crippen molar-refractivity contribution in [1.82, 2.24) is 30.4 Å². The first-order valence-electron chi connectivity index (χ1n) is 10.8. The molecule has 0 amide bonds. The molecule has 3 rings (SSSR count). The molecule has 0 radical (unpaired) electrons. The molecule has 0 saturated heterocycles. The number of rotatable bonds is 8. The second-order valence-corrected chi connectivity index (χ2v) is 9.51. The number of aryl methyl sites for hydroxylation is 1. The summed E-state index contributed by atoms with van der Waals surface area (Å²) in [5.41, 5.74) is -0.0413. The van der Waals surface area contributed by atoms with E-state index in [0.717, 1.165) is 42.1 Å². The van der Waals surface area contributed by atoms with Gasteiger partial charge in [-0.05, 0) is 25.5 Å². The smallest absolute Gasteiger partial charge is 0.213 e. The molecule has 8 nitrogen and oxygen atoms in total. The molecule has 1 saturated carbocycles. The van der Waals surface area contributed by atoms with Crippen LogP contribution < -0.4 is 10.6 Å². The number of oxazole rings is 1. The lowest BCUT2D eigenvalue weighted by Gasteiger charge is -2.16. The van der Waals surface area contributed by atoms with Crippen LogP contribution in [0.2, 0.25) is 0 Å². The Balaban J connectivity index is 0.00000341. The van der Waals surface area contributed by atoms with Gasteiger partial charge in [0, 0.05) is 31.5 Å². The van der Waals surface area contributed by atoms with Crippen LogP contribution in [-0.4, -0.2) is 45.6 Å². The molecule has 0 spiro atoms. The molecule has 2 aromatic rings. The summed E-state index contributed by atoms with van der Waals surface area (Å²) >= 11 is 1.69. The normalized spacial score (nSPS) is 15.2. The maximum Gasteiger partial charge on any atom is 0.213 e. The Labute approximate surface area is 206 Å². The molecule has 10 heteroatoms. The van der Waals surface area contributed by atoms with E-state index < -0.39 is 0 Å². The van der Waals surface area contributed by atoms with E-state index in [2.05, 4.69) is 62.4 Å². The van der Waals surface area contributed by atoms with Crippen LogP contribution in [0.25, 0.3) is 0 Å². The fourth-order valence-electron chi connectivity index (χ4n) is 3.72. The number of guanidine groups is 1. The van der Waals surface area contributed by atoms with Crippen LogP contribution in [0.4, 0.5) is 0 Å². The zero-order valence-electron chi connectivity index (χ0n) is 19.3. The molecule has 1 aliphatic carbocycles. The highest BCUT2D eigenvalue weighted by Crippen LogP contribution is 2.33.